The average molecular weight is 374 g/mol. The van der Waals surface area contributed by atoms with Crippen molar-refractivity contribution in [1.82, 2.24) is 9.88 Å². The van der Waals surface area contributed by atoms with Crippen molar-refractivity contribution in [2.75, 3.05) is 13.1 Å². The summed E-state index contributed by atoms with van der Waals surface area (Å²) in [5, 5.41) is 12.9. The predicted molar refractivity (Wildman–Crippen MR) is 97.9 cm³/mol. The number of fused-ring (bicyclic) bond motifs is 1. The van der Waals surface area contributed by atoms with Gasteiger partial charge in [0.05, 0.1) is 20.8 Å². The molecule has 128 valence electrons. The van der Waals surface area contributed by atoms with Gasteiger partial charge in [-0.2, -0.15) is 4.73 Å². The highest BCUT2D eigenvalue weighted by atomic mass is 35.5. The van der Waals surface area contributed by atoms with Gasteiger partial charge in [-0.15, -0.1) is 11.3 Å². The summed E-state index contributed by atoms with van der Waals surface area (Å²) in [7, 11) is 0. The first-order valence-electron chi connectivity index (χ1n) is 8.14. The number of carbonyl (C=O) groups excluding carboxylic acids is 1. The van der Waals surface area contributed by atoms with Crippen LogP contribution in [-0.2, 0) is 0 Å². The average Bonchev–Trinajstić information content (AvgIpc) is 3.05. The highest BCUT2D eigenvalue weighted by Gasteiger charge is 2.26. The summed E-state index contributed by atoms with van der Waals surface area (Å²) >= 11 is 7.74. The summed E-state index contributed by atoms with van der Waals surface area (Å²) in [6, 6.07) is 8.93. The lowest BCUT2D eigenvalue weighted by Crippen LogP contribution is -2.38. The number of piperidine rings is 1. The molecule has 0 spiro atoms. The topological polar surface area (TPSA) is 60.1 Å². The molecule has 0 N–H and O–H groups in total. The number of halogens is 1. The third-order valence-corrected chi connectivity index (χ3v) is 5.98. The number of carbonyl (C=O) groups is 1. The Bertz CT molecular complexity index is 918. The van der Waals surface area contributed by atoms with Gasteiger partial charge in [-0.1, -0.05) is 11.6 Å². The van der Waals surface area contributed by atoms with E-state index in [-0.39, 0.29) is 5.91 Å². The fraction of sp³-hybridized carbons (Fsp3) is 0.278. The van der Waals surface area contributed by atoms with Crippen molar-refractivity contribution in [1.29, 1.82) is 0 Å². The van der Waals surface area contributed by atoms with Gasteiger partial charge in [0.15, 0.2) is 12.4 Å². The molecule has 0 atom stereocenters. The zero-order chi connectivity index (χ0) is 17.4. The number of pyridine rings is 1. The van der Waals surface area contributed by atoms with Crippen LogP contribution in [0.1, 0.15) is 34.1 Å². The molecule has 1 fully saturated rings. The van der Waals surface area contributed by atoms with Crippen molar-refractivity contribution in [3.8, 4) is 0 Å². The number of likely N-dealkylation sites (tertiary alicyclic amines) is 1. The fourth-order valence-electron chi connectivity index (χ4n) is 3.16. The number of benzene rings is 1. The largest absolute Gasteiger partial charge is 0.619 e. The van der Waals surface area contributed by atoms with E-state index in [4.69, 9.17) is 16.6 Å². The molecule has 1 aliphatic rings. The van der Waals surface area contributed by atoms with Gasteiger partial charge in [-0.3, -0.25) is 4.79 Å². The number of hydrogen-bond acceptors (Lipinski definition) is 4. The number of hydrogen-bond donors (Lipinski definition) is 0. The van der Waals surface area contributed by atoms with Gasteiger partial charge < -0.3 is 10.1 Å². The highest BCUT2D eigenvalue weighted by molar-refractivity contribution is 7.18. The second-order valence-corrected chi connectivity index (χ2v) is 7.68. The first kappa shape index (κ1) is 16.3. The number of nitrogens with zero attached hydrogens (tertiary/aromatic N) is 3. The van der Waals surface area contributed by atoms with Gasteiger partial charge in [0, 0.05) is 36.2 Å². The van der Waals surface area contributed by atoms with E-state index < -0.39 is 0 Å². The Morgan fingerprint density at radius 3 is 2.68 bits per heavy atom. The zero-order valence-corrected chi connectivity index (χ0v) is 15.0. The lowest BCUT2D eigenvalue weighted by atomic mass is 9.97. The Morgan fingerprint density at radius 1 is 1.24 bits per heavy atom. The minimum absolute atomic E-state index is 0.0184. The molecular formula is C18H16ClN3O2S. The van der Waals surface area contributed by atoms with E-state index in [1.807, 2.05) is 23.1 Å². The molecule has 1 aliphatic heterocycles. The maximum absolute atomic E-state index is 12.5. The van der Waals surface area contributed by atoms with Gasteiger partial charge in [-0.25, -0.2) is 4.98 Å². The molecule has 0 saturated carbocycles. The van der Waals surface area contributed by atoms with E-state index >= 15 is 0 Å². The highest BCUT2D eigenvalue weighted by Crippen LogP contribution is 2.34. The molecule has 1 saturated heterocycles. The second kappa shape index (κ2) is 6.61. The normalized spacial score (nSPS) is 15.6. The molecule has 7 heteroatoms. The molecule has 1 amide bonds. The van der Waals surface area contributed by atoms with Crippen LogP contribution in [0.15, 0.2) is 42.7 Å². The maximum Gasteiger partial charge on any atom is 0.254 e. The minimum atomic E-state index is -0.0184. The van der Waals surface area contributed by atoms with Crippen LogP contribution in [0.4, 0.5) is 0 Å². The van der Waals surface area contributed by atoms with Gasteiger partial charge >= 0.3 is 0 Å². The van der Waals surface area contributed by atoms with Crippen LogP contribution in [0, 0.1) is 5.21 Å². The van der Waals surface area contributed by atoms with Gasteiger partial charge in [-0.05, 0) is 31.0 Å². The summed E-state index contributed by atoms with van der Waals surface area (Å²) in [5.74, 6) is 0.356. The van der Waals surface area contributed by atoms with E-state index in [1.165, 1.54) is 12.4 Å². The first-order valence-corrected chi connectivity index (χ1v) is 9.34. The van der Waals surface area contributed by atoms with Crippen molar-refractivity contribution in [3.05, 3.63) is 63.5 Å². The first-order chi connectivity index (χ1) is 12.1. The lowest BCUT2D eigenvalue weighted by Gasteiger charge is -2.31. The molecule has 0 radical (unpaired) electrons. The number of amides is 1. The molecule has 3 heterocycles. The van der Waals surface area contributed by atoms with E-state index in [9.17, 15) is 10.0 Å². The van der Waals surface area contributed by atoms with E-state index in [1.54, 1.807) is 23.5 Å². The third-order valence-electron chi connectivity index (χ3n) is 4.55. The molecule has 0 bridgehead atoms. The Morgan fingerprint density at radius 2 is 1.96 bits per heavy atom. The van der Waals surface area contributed by atoms with Crippen LogP contribution in [-0.4, -0.2) is 28.9 Å². The second-order valence-electron chi connectivity index (χ2n) is 6.18. The van der Waals surface area contributed by atoms with E-state index in [2.05, 4.69) is 0 Å². The standard InChI is InChI=1S/C18H16ClN3O2S/c19-14-1-2-16-15(11-14)20-17(25-16)12-3-7-21(8-4-12)18(23)13-5-9-22(24)10-6-13/h1-2,5-6,9-12H,3-4,7-8H2. The summed E-state index contributed by atoms with van der Waals surface area (Å²) in [4.78, 5) is 19.1. The smallest absolute Gasteiger partial charge is 0.254 e. The SMILES string of the molecule is O=C(c1cc[n+]([O-])cc1)N1CCC(c2nc3cc(Cl)ccc3s2)CC1. The summed E-state index contributed by atoms with van der Waals surface area (Å²) in [6.45, 7) is 1.40. The Hall–Kier alpha value is -2.18. The Kier molecular flexibility index (Phi) is 4.31. The molecule has 25 heavy (non-hydrogen) atoms. The van der Waals surface area contributed by atoms with E-state index in [0.717, 1.165) is 28.1 Å². The zero-order valence-electron chi connectivity index (χ0n) is 13.4. The van der Waals surface area contributed by atoms with Crippen LogP contribution >= 0.6 is 22.9 Å². The van der Waals surface area contributed by atoms with Crippen molar-refractivity contribution in [2.24, 2.45) is 0 Å². The van der Waals surface area contributed by atoms with Crippen molar-refractivity contribution in [2.45, 2.75) is 18.8 Å². The molecule has 5 nitrogen and oxygen atoms in total. The van der Waals surface area contributed by atoms with Crippen LogP contribution in [0.5, 0.6) is 0 Å². The Balaban J connectivity index is 1.45. The lowest BCUT2D eigenvalue weighted by molar-refractivity contribution is -0.605. The molecule has 3 aromatic rings. The molecular weight excluding hydrogens is 358 g/mol. The van der Waals surface area contributed by atoms with Crippen molar-refractivity contribution < 1.29 is 9.52 Å². The summed E-state index contributed by atoms with van der Waals surface area (Å²) < 4.78 is 1.83. The summed E-state index contributed by atoms with van der Waals surface area (Å²) in [5.41, 5.74) is 1.50. The Labute approximate surface area is 154 Å². The van der Waals surface area contributed by atoms with Crippen LogP contribution in [0.25, 0.3) is 10.2 Å². The van der Waals surface area contributed by atoms with Gasteiger partial charge in [0.25, 0.3) is 5.91 Å². The van der Waals surface area contributed by atoms with E-state index in [0.29, 0.717) is 34.3 Å². The van der Waals surface area contributed by atoms with Crippen molar-refractivity contribution in [3.63, 3.8) is 0 Å². The van der Waals surface area contributed by atoms with Crippen LogP contribution in [0.2, 0.25) is 5.02 Å². The van der Waals surface area contributed by atoms with Crippen LogP contribution < -0.4 is 4.73 Å². The molecule has 2 aromatic heterocycles. The van der Waals surface area contributed by atoms with Crippen LogP contribution in [0.3, 0.4) is 0 Å². The summed E-state index contributed by atoms with van der Waals surface area (Å²) in [6.07, 6.45) is 4.50. The molecule has 0 aliphatic carbocycles. The molecule has 1 aromatic carbocycles. The molecule has 4 rings (SSSR count). The fourth-order valence-corrected chi connectivity index (χ4v) is 4.44. The van der Waals surface area contributed by atoms with Crippen molar-refractivity contribution >= 4 is 39.1 Å². The van der Waals surface area contributed by atoms with Gasteiger partial charge in [0.1, 0.15) is 0 Å². The maximum atomic E-state index is 12.5. The number of thiazole rings is 1. The van der Waals surface area contributed by atoms with Gasteiger partial charge in [0.2, 0.25) is 0 Å². The predicted octanol–water partition coefficient (Wildman–Crippen LogP) is 3.60. The number of aromatic nitrogens is 2. The molecule has 0 unspecified atom stereocenters. The third kappa shape index (κ3) is 3.32. The minimum Gasteiger partial charge on any atom is -0.619 e. The monoisotopic (exact) mass is 373 g/mol. The quantitative estimate of drug-likeness (QED) is 0.509. The number of rotatable bonds is 2.